The van der Waals surface area contributed by atoms with Crippen LogP contribution in [-0.4, -0.2) is 41.3 Å². The Bertz CT molecular complexity index is 273. The van der Waals surface area contributed by atoms with Crippen molar-refractivity contribution in [3.63, 3.8) is 0 Å². The number of rotatable bonds is 9. The number of guanidine groups is 1. The summed E-state index contributed by atoms with van der Waals surface area (Å²) in [6.45, 7) is 0.786. The van der Waals surface area contributed by atoms with Crippen LogP contribution in [0.4, 0.5) is 0 Å². The number of nitrogens with one attached hydrogen (secondary N) is 1. The monoisotopic (exact) mass is 262 g/mol. The third kappa shape index (κ3) is 9.75. The van der Waals surface area contributed by atoms with Gasteiger partial charge in [0.15, 0.2) is 5.03 Å². The Morgan fingerprint density at radius 2 is 2.17 bits per heavy atom. The molecule has 0 amide bonds. The van der Waals surface area contributed by atoms with Crippen LogP contribution in [0.1, 0.15) is 25.7 Å². The molecule has 0 heterocycles. The first-order chi connectivity index (χ1) is 8.45. The number of nitrogens with zero attached hydrogens (tertiary/aromatic N) is 2. The van der Waals surface area contributed by atoms with Crippen molar-refractivity contribution in [1.29, 1.82) is 0 Å². The van der Waals surface area contributed by atoms with E-state index >= 15 is 0 Å². The Morgan fingerprint density at radius 1 is 1.50 bits per heavy atom. The van der Waals surface area contributed by atoms with Crippen LogP contribution >= 0.6 is 0 Å². The molecule has 8 N–H and O–H groups in total. The molecule has 0 rings (SSSR count). The molecule has 18 heavy (non-hydrogen) atoms. The fraction of sp³-hybridized carbons (Fsp3) is 0.889. The third-order valence-corrected chi connectivity index (χ3v) is 2.30. The Labute approximate surface area is 106 Å². The first-order valence-corrected chi connectivity index (χ1v) is 5.80. The van der Waals surface area contributed by atoms with Gasteiger partial charge in [-0.25, -0.2) is 15.1 Å². The average molecular weight is 262 g/mol. The quantitative estimate of drug-likeness (QED) is 0.108. The van der Waals surface area contributed by atoms with E-state index in [9.17, 15) is 15.2 Å². The summed E-state index contributed by atoms with van der Waals surface area (Å²) >= 11 is 0. The number of aliphatic hydroxyl groups excluding tert-OH is 1. The number of aliphatic imine (C=N–C) groups is 1. The summed E-state index contributed by atoms with van der Waals surface area (Å²) in [6, 6.07) is -0.133. The van der Waals surface area contributed by atoms with Crippen molar-refractivity contribution in [2.45, 2.75) is 37.8 Å². The number of aliphatic hydroxyl groups is 1. The van der Waals surface area contributed by atoms with Gasteiger partial charge in [-0.15, -0.1) is 0 Å². The second kappa shape index (κ2) is 9.57. The largest absolute Gasteiger partial charge is 0.393 e. The van der Waals surface area contributed by atoms with Crippen LogP contribution in [0, 0.1) is 10.1 Å². The molecule has 0 aromatic carbocycles. The second-order valence-corrected chi connectivity index (χ2v) is 4.01. The van der Waals surface area contributed by atoms with Crippen LogP contribution in [0.2, 0.25) is 0 Å². The maximum atomic E-state index is 10.0. The van der Waals surface area contributed by atoms with E-state index in [0.717, 1.165) is 0 Å². The van der Waals surface area contributed by atoms with Crippen LogP contribution in [0.25, 0.3) is 0 Å². The van der Waals surface area contributed by atoms with Gasteiger partial charge in [-0.3, -0.25) is 0 Å². The lowest BCUT2D eigenvalue weighted by Gasteiger charge is -2.15. The molecule has 0 aliphatic heterocycles. The highest BCUT2D eigenvalue weighted by molar-refractivity contribution is 5.76. The average Bonchev–Trinajstić information content (AvgIpc) is 2.23. The summed E-state index contributed by atoms with van der Waals surface area (Å²) in [7, 11) is 0. The number of hydrazine groups is 1. The van der Waals surface area contributed by atoms with E-state index in [1.807, 2.05) is 0 Å². The topological polar surface area (TPSA) is 166 Å². The molecule has 9 heteroatoms. The molecular formula is C9H22N6O3. The van der Waals surface area contributed by atoms with Gasteiger partial charge in [-0.1, -0.05) is 5.43 Å². The summed E-state index contributed by atoms with van der Waals surface area (Å²) in [5.41, 5.74) is 18.1. The van der Waals surface area contributed by atoms with Gasteiger partial charge in [0.1, 0.15) is 0 Å². The molecule has 0 aliphatic carbocycles. The van der Waals surface area contributed by atoms with Crippen molar-refractivity contribution in [3.8, 4) is 0 Å². The lowest BCUT2D eigenvalue weighted by Crippen LogP contribution is -2.36. The Balaban J connectivity index is 3.67. The van der Waals surface area contributed by atoms with Gasteiger partial charge in [0.05, 0.1) is 6.10 Å². The van der Waals surface area contributed by atoms with E-state index in [1.54, 1.807) is 5.43 Å². The molecule has 0 fully saturated rings. The van der Waals surface area contributed by atoms with Gasteiger partial charge >= 0.3 is 0 Å². The SMILES string of the molecule is NCC[C@H](O)C[C@@H](N)CCCN=C(N)N[N+](=O)[O-]. The fourth-order valence-corrected chi connectivity index (χ4v) is 1.46. The minimum absolute atomic E-state index is 0.133. The molecule has 0 aromatic heterocycles. The van der Waals surface area contributed by atoms with E-state index in [0.29, 0.717) is 38.8 Å². The smallest absolute Gasteiger partial charge is 0.251 e. The van der Waals surface area contributed by atoms with E-state index in [1.165, 1.54) is 0 Å². The molecule has 0 spiro atoms. The standard InChI is InChI=1S/C9H22N6O3/c10-4-3-8(16)6-7(11)2-1-5-13-9(12)14-15(17)18/h7-8,16H,1-6,10-11H2,(H3,12,13,14)/t7-,8-/m0/s1. The minimum atomic E-state index is -0.770. The summed E-state index contributed by atoms with van der Waals surface area (Å²) in [5.74, 6) is -0.225. The third-order valence-electron chi connectivity index (χ3n) is 2.30. The number of nitro groups is 1. The molecule has 0 bridgehead atoms. The van der Waals surface area contributed by atoms with E-state index < -0.39 is 11.1 Å². The summed E-state index contributed by atoms with van der Waals surface area (Å²) in [6.07, 6.45) is 1.86. The van der Waals surface area contributed by atoms with Crippen LogP contribution in [0.15, 0.2) is 4.99 Å². The van der Waals surface area contributed by atoms with Crippen molar-refractivity contribution in [3.05, 3.63) is 10.1 Å². The van der Waals surface area contributed by atoms with Gasteiger partial charge < -0.3 is 22.3 Å². The van der Waals surface area contributed by atoms with Gasteiger partial charge in [-0.2, -0.15) is 0 Å². The molecule has 0 aliphatic rings. The molecule has 0 unspecified atom stereocenters. The predicted molar refractivity (Wildman–Crippen MR) is 68.1 cm³/mol. The molecule has 2 atom stereocenters. The maximum absolute atomic E-state index is 10.0. The maximum Gasteiger partial charge on any atom is 0.251 e. The van der Waals surface area contributed by atoms with Crippen molar-refractivity contribution in [1.82, 2.24) is 5.43 Å². The lowest BCUT2D eigenvalue weighted by atomic mass is 10.0. The molecule has 106 valence electrons. The molecule has 9 nitrogen and oxygen atoms in total. The van der Waals surface area contributed by atoms with Gasteiger partial charge in [0, 0.05) is 12.6 Å². The van der Waals surface area contributed by atoms with Crippen LogP contribution in [0.5, 0.6) is 0 Å². The zero-order chi connectivity index (χ0) is 14.0. The lowest BCUT2D eigenvalue weighted by molar-refractivity contribution is -0.525. The van der Waals surface area contributed by atoms with E-state index in [2.05, 4.69) is 4.99 Å². The van der Waals surface area contributed by atoms with Crippen molar-refractivity contribution < 1.29 is 10.1 Å². The Hall–Kier alpha value is -1.45. The zero-order valence-corrected chi connectivity index (χ0v) is 10.3. The first kappa shape index (κ1) is 16.6. The van der Waals surface area contributed by atoms with Crippen molar-refractivity contribution in [2.24, 2.45) is 22.2 Å². The number of nitrogens with two attached hydrogens (primary N) is 3. The van der Waals surface area contributed by atoms with Gasteiger partial charge in [-0.05, 0) is 32.2 Å². The summed E-state index contributed by atoms with van der Waals surface area (Å²) < 4.78 is 0. The molecular weight excluding hydrogens is 240 g/mol. The van der Waals surface area contributed by atoms with Crippen LogP contribution < -0.4 is 22.6 Å². The number of hydrogen-bond donors (Lipinski definition) is 5. The van der Waals surface area contributed by atoms with Crippen molar-refractivity contribution in [2.75, 3.05) is 13.1 Å². The molecule has 0 radical (unpaired) electrons. The summed E-state index contributed by atoms with van der Waals surface area (Å²) in [4.78, 5) is 13.8. The first-order valence-electron chi connectivity index (χ1n) is 5.80. The number of hydrogen-bond acceptors (Lipinski definition) is 6. The predicted octanol–water partition coefficient (Wildman–Crippen LogP) is -1.71. The summed E-state index contributed by atoms with van der Waals surface area (Å²) in [5, 5.41) is 18.7. The van der Waals surface area contributed by atoms with Crippen LogP contribution in [0.3, 0.4) is 0 Å². The fourth-order valence-electron chi connectivity index (χ4n) is 1.46. The Kier molecular flexibility index (Phi) is 8.80. The normalized spacial score (nSPS) is 15.2. The highest BCUT2D eigenvalue weighted by atomic mass is 16.7. The molecule has 0 saturated carbocycles. The highest BCUT2D eigenvalue weighted by Crippen LogP contribution is 2.05. The van der Waals surface area contributed by atoms with Crippen LogP contribution in [-0.2, 0) is 0 Å². The zero-order valence-electron chi connectivity index (χ0n) is 10.3. The second-order valence-electron chi connectivity index (χ2n) is 4.01. The Morgan fingerprint density at radius 3 is 2.72 bits per heavy atom. The highest BCUT2D eigenvalue weighted by Gasteiger charge is 2.09. The van der Waals surface area contributed by atoms with Crippen molar-refractivity contribution >= 4 is 5.96 Å². The molecule has 0 saturated heterocycles. The minimum Gasteiger partial charge on any atom is -0.393 e. The van der Waals surface area contributed by atoms with Gasteiger partial charge in [0.25, 0.3) is 5.96 Å². The van der Waals surface area contributed by atoms with E-state index in [-0.39, 0.29) is 12.0 Å². The molecule has 0 aromatic rings. The van der Waals surface area contributed by atoms with E-state index in [4.69, 9.17) is 17.2 Å². The van der Waals surface area contributed by atoms with Gasteiger partial charge in [0.2, 0.25) is 0 Å².